The Morgan fingerprint density at radius 3 is 1.07 bits per heavy atom. The highest BCUT2D eigenvalue weighted by molar-refractivity contribution is 4.99. The van der Waals surface area contributed by atoms with E-state index in [0.717, 1.165) is 23.7 Å². The molecule has 0 saturated heterocycles. The van der Waals surface area contributed by atoms with Gasteiger partial charge in [0.25, 0.3) is 0 Å². The lowest BCUT2D eigenvalue weighted by Gasteiger charge is -2.55. The maximum absolute atomic E-state index is 2.62. The van der Waals surface area contributed by atoms with E-state index in [1.54, 1.807) is 0 Å². The molecule has 0 spiro atoms. The van der Waals surface area contributed by atoms with Gasteiger partial charge in [-0.3, -0.25) is 0 Å². The van der Waals surface area contributed by atoms with Crippen molar-refractivity contribution in [3.05, 3.63) is 0 Å². The molecule has 2 aliphatic carbocycles. The minimum Gasteiger partial charge on any atom is -0.0649 e. The molecule has 0 aliphatic heterocycles. The van der Waals surface area contributed by atoms with Gasteiger partial charge in [-0.1, -0.05) is 75.7 Å². The van der Waals surface area contributed by atoms with Gasteiger partial charge in [0.15, 0.2) is 0 Å². The van der Waals surface area contributed by atoms with E-state index in [2.05, 4.69) is 69.2 Å². The molecule has 0 bridgehead atoms. The molecule has 2 aliphatic rings. The molecule has 0 amide bonds. The highest BCUT2D eigenvalue weighted by atomic mass is 14.5. The van der Waals surface area contributed by atoms with Crippen LogP contribution in [0, 0.1) is 45.3 Å². The summed E-state index contributed by atoms with van der Waals surface area (Å²) in [5.74, 6) is 3.70. The highest BCUT2D eigenvalue weighted by Crippen LogP contribution is 2.58. The number of hydrogen-bond acceptors (Lipinski definition) is 0. The summed E-state index contributed by atoms with van der Waals surface area (Å²) in [5, 5.41) is 0. The quantitative estimate of drug-likeness (QED) is 0.448. The molecule has 2 fully saturated rings. The van der Waals surface area contributed by atoms with Crippen molar-refractivity contribution in [1.82, 2.24) is 0 Å². The van der Waals surface area contributed by atoms with Gasteiger partial charge < -0.3 is 0 Å². The van der Waals surface area contributed by atoms with E-state index in [9.17, 15) is 0 Å². The first kappa shape index (κ1) is 23.3. The van der Waals surface area contributed by atoms with E-state index < -0.39 is 0 Å². The van der Waals surface area contributed by atoms with Gasteiger partial charge in [0.05, 0.1) is 0 Å². The van der Waals surface area contributed by atoms with Crippen LogP contribution in [-0.2, 0) is 0 Å². The Labute approximate surface area is 172 Å². The van der Waals surface area contributed by atoms with Gasteiger partial charge in [0.2, 0.25) is 0 Å². The summed E-state index contributed by atoms with van der Waals surface area (Å²) in [6, 6.07) is 0. The number of hydrogen-bond donors (Lipinski definition) is 0. The Bertz CT molecular complexity index is 457. The summed E-state index contributed by atoms with van der Waals surface area (Å²) in [5.41, 5.74) is 1.94. The van der Waals surface area contributed by atoms with Crippen LogP contribution in [0.4, 0.5) is 0 Å². The van der Waals surface area contributed by atoms with Crippen LogP contribution in [-0.4, -0.2) is 0 Å². The third-order valence-electron chi connectivity index (χ3n) is 10.4. The fraction of sp³-hybridized carbons (Fsp3) is 1.00. The average Bonchev–Trinajstić information content (AvgIpc) is 2.61. The standard InChI is InChI=1S/C27H52/c1-11-25(5,6)21-14-18-23(19-15-21)27(9,10)26(7,8)22-16-12-20(13-17-22)24(2,3)4/h20-23H,11-19H2,1-10H3. The van der Waals surface area contributed by atoms with Gasteiger partial charge in [-0.05, 0) is 96.7 Å². The predicted octanol–water partition coefficient (Wildman–Crippen LogP) is 9.13. The summed E-state index contributed by atoms with van der Waals surface area (Å²) >= 11 is 0. The van der Waals surface area contributed by atoms with Crippen LogP contribution in [0.5, 0.6) is 0 Å². The van der Waals surface area contributed by atoms with Crippen LogP contribution in [0.15, 0.2) is 0 Å². The lowest BCUT2D eigenvalue weighted by Crippen LogP contribution is -2.47. The Hall–Kier alpha value is 0. The van der Waals surface area contributed by atoms with Crippen LogP contribution in [0.25, 0.3) is 0 Å². The van der Waals surface area contributed by atoms with Crippen molar-refractivity contribution in [3.8, 4) is 0 Å². The topological polar surface area (TPSA) is 0 Å². The van der Waals surface area contributed by atoms with E-state index in [0.29, 0.717) is 21.7 Å². The third-order valence-corrected chi connectivity index (χ3v) is 10.4. The molecule has 2 saturated carbocycles. The summed E-state index contributed by atoms with van der Waals surface area (Å²) in [4.78, 5) is 0. The summed E-state index contributed by atoms with van der Waals surface area (Å²) in [7, 11) is 0. The second-order valence-electron chi connectivity index (χ2n) is 13.2. The fourth-order valence-electron chi connectivity index (χ4n) is 6.62. The molecule has 0 heterocycles. The highest BCUT2D eigenvalue weighted by Gasteiger charge is 2.49. The van der Waals surface area contributed by atoms with Crippen molar-refractivity contribution in [2.45, 2.75) is 127 Å². The molecule has 0 aromatic heterocycles. The van der Waals surface area contributed by atoms with Crippen molar-refractivity contribution in [3.63, 3.8) is 0 Å². The smallest absolute Gasteiger partial charge is 0.0272 e. The second-order valence-corrected chi connectivity index (χ2v) is 13.2. The first-order valence-electron chi connectivity index (χ1n) is 12.2. The summed E-state index contributed by atoms with van der Waals surface area (Å²) < 4.78 is 0. The Kier molecular flexibility index (Phi) is 6.92. The normalized spacial score (nSPS) is 31.8. The van der Waals surface area contributed by atoms with Crippen molar-refractivity contribution >= 4 is 0 Å². The van der Waals surface area contributed by atoms with Crippen LogP contribution < -0.4 is 0 Å². The van der Waals surface area contributed by atoms with Crippen LogP contribution in [0.3, 0.4) is 0 Å². The van der Waals surface area contributed by atoms with Gasteiger partial charge in [-0.2, -0.15) is 0 Å². The fourth-order valence-corrected chi connectivity index (χ4v) is 6.62. The molecule has 0 nitrogen and oxygen atoms in total. The van der Waals surface area contributed by atoms with Gasteiger partial charge in [0, 0.05) is 0 Å². The molecule has 0 aromatic carbocycles. The van der Waals surface area contributed by atoms with E-state index in [-0.39, 0.29) is 0 Å². The molecule has 0 aromatic rings. The van der Waals surface area contributed by atoms with Crippen LogP contribution in [0.2, 0.25) is 0 Å². The zero-order valence-corrected chi connectivity index (χ0v) is 20.7. The lowest BCUT2D eigenvalue weighted by atomic mass is 9.50. The van der Waals surface area contributed by atoms with Crippen molar-refractivity contribution in [1.29, 1.82) is 0 Å². The number of rotatable bonds is 5. The van der Waals surface area contributed by atoms with Crippen LogP contribution >= 0.6 is 0 Å². The maximum atomic E-state index is 2.62. The lowest BCUT2D eigenvalue weighted by molar-refractivity contribution is -0.0570. The summed E-state index contributed by atoms with van der Waals surface area (Å²) in [6.45, 7) is 25.2. The van der Waals surface area contributed by atoms with Gasteiger partial charge in [-0.25, -0.2) is 0 Å². The zero-order chi connectivity index (χ0) is 20.7. The van der Waals surface area contributed by atoms with Crippen molar-refractivity contribution < 1.29 is 0 Å². The zero-order valence-electron chi connectivity index (χ0n) is 20.7. The Morgan fingerprint density at radius 2 is 0.778 bits per heavy atom. The Morgan fingerprint density at radius 1 is 0.481 bits per heavy atom. The largest absolute Gasteiger partial charge is 0.0649 e. The molecule has 27 heavy (non-hydrogen) atoms. The van der Waals surface area contributed by atoms with Gasteiger partial charge in [-0.15, -0.1) is 0 Å². The molecule has 160 valence electrons. The monoisotopic (exact) mass is 376 g/mol. The molecular weight excluding hydrogens is 324 g/mol. The van der Waals surface area contributed by atoms with Crippen molar-refractivity contribution in [2.75, 3.05) is 0 Å². The summed E-state index contributed by atoms with van der Waals surface area (Å²) in [6.07, 6.45) is 13.0. The average molecular weight is 377 g/mol. The third kappa shape index (κ3) is 4.78. The van der Waals surface area contributed by atoms with E-state index in [1.807, 2.05) is 0 Å². The van der Waals surface area contributed by atoms with Crippen LogP contribution in [0.1, 0.15) is 127 Å². The molecule has 0 unspecified atom stereocenters. The molecule has 0 radical (unpaired) electrons. The SMILES string of the molecule is CCC(C)(C)C1CCC(C(C)(C)C(C)(C)C2CCC(C(C)(C)C)CC2)CC1. The molecule has 2 rings (SSSR count). The van der Waals surface area contributed by atoms with E-state index in [1.165, 1.54) is 57.8 Å². The van der Waals surface area contributed by atoms with Gasteiger partial charge in [0.1, 0.15) is 0 Å². The molecule has 0 N–H and O–H groups in total. The van der Waals surface area contributed by atoms with E-state index in [4.69, 9.17) is 0 Å². The van der Waals surface area contributed by atoms with Gasteiger partial charge >= 0.3 is 0 Å². The first-order valence-corrected chi connectivity index (χ1v) is 12.2. The first-order chi connectivity index (χ1) is 12.2. The van der Waals surface area contributed by atoms with Crippen molar-refractivity contribution in [2.24, 2.45) is 45.3 Å². The minimum atomic E-state index is 0.452. The molecule has 0 atom stereocenters. The molecular formula is C27H52. The Balaban J connectivity index is 2.01. The maximum Gasteiger partial charge on any atom is -0.0272 e. The second kappa shape index (κ2) is 8.02. The molecule has 0 heteroatoms. The minimum absolute atomic E-state index is 0.452. The predicted molar refractivity (Wildman–Crippen MR) is 122 cm³/mol. The van der Waals surface area contributed by atoms with E-state index >= 15 is 0 Å².